The number of methoxy groups -OCH3 is 1. The van der Waals surface area contributed by atoms with Crippen LogP contribution in [-0.4, -0.2) is 42.9 Å². The summed E-state index contributed by atoms with van der Waals surface area (Å²) in [5.74, 6) is -1.70. The average Bonchev–Trinajstić information content (AvgIpc) is 2.43. The summed E-state index contributed by atoms with van der Waals surface area (Å²) in [7, 11) is 1.65. The normalized spacial score (nSPS) is 22.0. The molecule has 1 saturated carbocycles. The molecule has 6 nitrogen and oxygen atoms in total. The second-order valence-corrected chi connectivity index (χ2v) is 5.18. The summed E-state index contributed by atoms with van der Waals surface area (Å²) < 4.78 is 5.14. The molecule has 0 aromatic heterocycles. The highest BCUT2D eigenvalue weighted by Gasteiger charge is 2.30. The zero-order valence-electron chi connectivity index (χ0n) is 11.9. The van der Waals surface area contributed by atoms with E-state index in [9.17, 15) is 14.7 Å². The van der Waals surface area contributed by atoms with Crippen LogP contribution in [0.3, 0.4) is 0 Å². The van der Waals surface area contributed by atoms with Crippen LogP contribution in [0.25, 0.3) is 0 Å². The van der Waals surface area contributed by atoms with Gasteiger partial charge < -0.3 is 20.5 Å². The number of amides is 2. The van der Waals surface area contributed by atoms with E-state index in [-0.39, 0.29) is 24.7 Å². The third-order valence-corrected chi connectivity index (χ3v) is 3.73. The van der Waals surface area contributed by atoms with Crippen LogP contribution in [0.4, 0.5) is 4.79 Å². The first-order chi connectivity index (χ1) is 10.1. The molecule has 3 N–H and O–H groups in total. The van der Waals surface area contributed by atoms with Gasteiger partial charge in [0.1, 0.15) is 0 Å². The Balaban J connectivity index is 1.80. The summed E-state index contributed by atoms with van der Waals surface area (Å²) >= 11 is 0. The molecule has 2 amide bonds. The minimum absolute atomic E-state index is 0.0611. The Hall–Kier alpha value is -2.08. The Morgan fingerprint density at radius 3 is 2.57 bits per heavy atom. The highest BCUT2D eigenvalue weighted by Crippen LogP contribution is 2.22. The summed E-state index contributed by atoms with van der Waals surface area (Å²) in [6.45, 7) is 0.0611. The zero-order valence-corrected chi connectivity index (χ0v) is 11.9. The second kappa shape index (κ2) is 7.08. The Kier molecular flexibility index (Phi) is 5.16. The number of benzene rings is 1. The van der Waals surface area contributed by atoms with Gasteiger partial charge in [-0.05, 0) is 18.4 Å². The summed E-state index contributed by atoms with van der Waals surface area (Å²) in [6, 6.07) is 8.65. The van der Waals surface area contributed by atoms with E-state index in [1.807, 2.05) is 6.07 Å². The molecule has 0 aliphatic heterocycles. The largest absolute Gasteiger partial charge is 0.481 e. The lowest BCUT2D eigenvalue weighted by atomic mass is 9.89. The fraction of sp³-hybridized carbons (Fsp3) is 0.467. The van der Waals surface area contributed by atoms with Crippen molar-refractivity contribution in [2.75, 3.05) is 13.7 Å². The van der Waals surface area contributed by atoms with Crippen LogP contribution in [0.1, 0.15) is 24.3 Å². The molecule has 1 fully saturated rings. The molecule has 1 aliphatic rings. The van der Waals surface area contributed by atoms with Crippen LogP contribution < -0.4 is 10.6 Å². The third-order valence-electron chi connectivity index (χ3n) is 3.73. The number of hydrogen-bond donors (Lipinski definition) is 3. The van der Waals surface area contributed by atoms with Gasteiger partial charge in [-0.15, -0.1) is 0 Å². The Morgan fingerprint density at radius 2 is 2.00 bits per heavy atom. The van der Waals surface area contributed by atoms with Crippen molar-refractivity contribution in [3.05, 3.63) is 35.9 Å². The van der Waals surface area contributed by atoms with Crippen molar-refractivity contribution in [1.82, 2.24) is 10.6 Å². The number of carbonyl (C=O) groups excluding carboxylic acids is 1. The van der Waals surface area contributed by atoms with E-state index < -0.39 is 11.9 Å². The van der Waals surface area contributed by atoms with E-state index in [0.29, 0.717) is 5.56 Å². The van der Waals surface area contributed by atoms with Gasteiger partial charge in [-0.2, -0.15) is 0 Å². The number of carbonyl (C=O) groups is 2. The number of urea groups is 1. The van der Waals surface area contributed by atoms with Gasteiger partial charge >= 0.3 is 12.0 Å². The van der Waals surface area contributed by atoms with E-state index >= 15 is 0 Å². The molecule has 1 atom stereocenters. The molecule has 21 heavy (non-hydrogen) atoms. The molecule has 2 rings (SSSR count). The number of nitrogens with one attached hydrogen (secondary N) is 2. The first-order valence-electron chi connectivity index (χ1n) is 6.95. The van der Waals surface area contributed by atoms with Crippen molar-refractivity contribution < 1.29 is 19.4 Å². The minimum Gasteiger partial charge on any atom is -0.481 e. The monoisotopic (exact) mass is 292 g/mol. The Morgan fingerprint density at radius 1 is 1.33 bits per heavy atom. The van der Waals surface area contributed by atoms with Crippen molar-refractivity contribution in [1.29, 1.82) is 0 Å². The van der Waals surface area contributed by atoms with Gasteiger partial charge in [-0.25, -0.2) is 4.79 Å². The van der Waals surface area contributed by atoms with Crippen molar-refractivity contribution in [3.8, 4) is 0 Å². The van der Waals surface area contributed by atoms with Crippen molar-refractivity contribution in [3.63, 3.8) is 0 Å². The highest BCUT2D eigenvalue weighted by molar-refractivity contribution is 5.79. The van der Waals surface area contributed by atoms with Crippen LogP contribution in [0, 0.1) is 0 Å². The smallest absolute Gasteiger partial charge is 0.315 e. The lowest BCUT2D eigenvalue weighted by Crippen LogP contribution is -2.51. The van der Waals surface area contributed by atoms with E-state index in [1.54, 1.807) is 31.4 Å². The van der Waals surface area contributed by atoms with Crippen LogP contribution in [0.2, 0.25) is 0 Å². The lowest BCUT2D eigenvalue weighted by molar-refractivity contribution is -0.138. The summed E-state index contributed by atoms with van der Waals surface area (Å²) in [4.78, 5) is 23.0. The molecule has 1 unspecified atom stereocenters. The van der Waals surface area contributed by atoms with Crippen LogP contribution in [-0.2, 0) is 9.53 Å². The fourth-order valence-electron chi connectivity index (χ4n) is 2.34. The molecule has 1 aliphatic carbocycles. The lowest BCUT2D eigenvalue weighted by Gasteiger charge is -2.34. The number of carboxylic acids is 1. The molecular formula is C15H20N2O4. The van der Waals surface area contributed by atoms with E-state index in [2.05, 4.69) is 10.6 Å². The zero-order chi connectivity index (χ0) is 15.2. The number of rotatable bonds is 6. The topological polar surface area (TPSA) is 87.7 Å². The fourth-order valence-corrected chi connectivity index (χ4v) is 2.34. The molecule has 0 saturated heterocycles. The summed E-state index contributed by atoms with van der Waals surface area (Å²) in [5.41, 5.74) is 0.674. The quantitative estimate of drug-likeness (QED) is 0.738. The summed E-state index contributed by atoms with van der Waals surface area (Å²) in [6.07, 6.45) is 1.81. The molecule has 0 spiro atoms. The van der Waals surface area contributed by atoms with Crippen molar-refractivity contribution in [2.45, 2.75) is 30.9 Å². The van der Waals surface area contributed by atoms with Crippen LogP contribution in [0.15, 0.2) is 30.3 Å². The first kappa shape index (κ1) is 15.3. The molecular weight excluding hydrogens is 272 g/mol. The number of hydrogen-bond acceptors (Lipinski definition) is 3. The van der Waals surface area contributed by atoms with Crippen molar-refractivity contribution in [2.24, 2.45) is 0 Å². The number of carboxylic acid groups (broad SMARTS) is 1. The maximum atomic E-state index is 11.7. The average molecular weight is 292 g/mol. The van der Waals surface area contributed by atoms with E-state index in [0.717, 1.165) is 12.8 Å². The second-order valence-electron chi connectivity index (χ2n) is 5.18. The molecule has 114 valence electrons. The van der Waals surface area contributed by atoms with Gasteiger partial charge in [0.2, 0.25) is 0 Å². The molecule has 0 bridgehead atoms. The Labute approximate surface area is 123 Å². The molecule has 0 heterocycles. The van der Waals surface area contributed by atoms with Crippen LogP contribution in [0.5, 0.6) is 0 Å². The maximum absolute atomic E-state index is 11.7. The van der Waals surface area contributed by atoms with Crippen molar-refractivity contribution >= 4 is 12.0 Å². The maximum Gasteiger partial charge on any atom is 0.315 e. The minimum atomic E-state index is -0.954. The third kappa shape index (κ3) is 4.19. The molecule has 1 aromatic carbocycles. The first-order valence-corrected chi connectivity index (χ1v) is 6.95. The SMILES string of the molecule is COC1CC(NC(=O)NCC(C(=O)O)c2ccccc2)C1. The van der Waals surface area contributed by atoms with Gasteiger partial charge in [-0.1, -0.05) is 30.3 Å². The predicted octanol–water partition coefficient (Wildman–Crippen LogP) is 1.33. The summed E-state index contributed by atoms with van der Waals surface area (Å²) in [5, 5.41) is 14.7. The molecule has 6 heteroatoms. The van der Waals surface area contributed by atoms with E-state index in [4.69, 9.17) is 4.74 Å². The van der Waals surface area contributed by atoms with Gasteiger partial charge in [0.05, 0.1) is 12.0 Å². The van der Waals surface area contributed by atoms with Crippen LogP contribution >= 0.6 is 0 Å². The standard InChI is InChI=1S/C15H20N2O4/c1-21-12-7-11(8-12)17-15(20)16-9-13(14(18)19)10-5-3-2-4-6-10/h2-6,11-13H,7-9H2,1H3,(H,18,19)(H2,16,17,20). The molecule has 0 radical (unpaired) electrons. The predicted molar refractivity (Wildman–Crippen MR) is 77.2 cm³/mol. The Bertz CT molecular complexity index is 486. The van der Waals surface area contributed by atoms with Gasteiger partial charge in [-0.3, -0.25) is 4.79 Å². The van der Waals surface area contributed by atoms with Gasteiger partial charge in [0.25, 0.3) is 0 Å². The highest BCUT2D eigenvalue weighted by atomic mass is 16.5. The van der Waals surface area contributed by atoms with Gasteiger partial charge in [0, 0.05) is 19.7 Å². The van der Waals surface area contributed by atoms with Gasteiger partial charge in [0.15, 0.2) is 0 Å². The molecule has 1 aromatic rings. The number of aliphatic carboxylic acids is 1. The van der Waals surface area contributed by atoms with E-state index in [1.165, 1.54) is 0 Å². The number of ether oxygens (including phenoxy) is 1.